The Morgan fingerprint density at radius 3 is 2.85 bits per heavy atom. The molecule has 0 saturated carbocycles. The first-order valence-corrected chi connectivity index (χ1v) is 11.2. The largest absolute Gasteiger partial charge is 0.619 e. The molecule has 12 nitrogen and oxygen atoms in total. The topological polar surface area (TPSA) is 167 Å². The summed E-state index contributed by atoms with van der Waals surface area (Å²) in [5, 5.41) is 21.1. The van der Waals surface area contributed by atoms with Gasteiger partial charge in [0, 0.05) is 5.56 Å². The van der Waals surface area contributed by atoms with E-state index in [1.807, 2.05) is 0 Å². The monoisotopic (exact) mass is 486 g/mol. The Kier molecular flexibility index (Phi) is 5.40. The number of anilines is 1. The summed E-state index contributed by atoms with van der Waals surface area (Å²) in [7, 11) is -4.06. The van der Waals surface area contributed by atoms with Crippen molar-refractivity contribution in [2.75, 3.05) is 12.3 Å². The van der Waals surface area contributed by atoms with E-state index in [0.717, 1.165) is 10.9 Å². The van der Waals surface area contributed by atoms with Crippen LogP contribution in [0, 0.1) is 0 Å². The number of nitrogens with two attached hydrogens (primary N) is 1. The lowest BCUT2D eigenvalue weighted by atomic mass is 9.96. The SMILES string of the molecule is Nc1ncnc2c1ncn2[C@@H]1O[C@@](CO[P+]2(O)OCc3ccccc3O2)(C(F)F)[C@@H](O)[C@H]1O. The van der Waals surface area contributed by atoms with Gasteiger partial charge in [-0.3, -0.25) is 9.09 Å². The molecule has 15 heteroatoms. The van der Waals surface area contributed by atoms with Gasteiger partial charge in [0.25, 0.3) is 6.43 Å². The molecular formula is C18H19F2N5O7P+. The predicted octanol–water partition coefficient (Wildman–Crippen LogP) is 0.959. The van der Waals surface area contributed by atoms with Crippen LogP contribution in [-0.4, -0.2) is 65.5 Å². The van der Waals surface area contributed by atoms with Gasteiger partial charge in [-0.25, -0.2) is 23.7 Å². The fourth-order valence-corrected chi connectivity index (χ4v) is 4.98. The number of imidazole rings is 1. The van der Waals surface area contributed by atoms with Crippen LogP contribution in [0.5, 0.6) is 5.75 Å². The second kappa shape index (κ2) is 8.02. The molecule has 0 radical (unpaired) electrons. The van der Waals surface area contributed by atoms with Gasteiger partial charge in [0.15, 0.2) is 29.0 Å². The second-order valence-electron chi connectivity index (χ2n) is 7.50. The molecule has 1 saturated heterocycles. The van der Waals surface area contributed by atoms with Crippen LogP contribution in [0.15, 0.2) is 36.9 Å². The molecule has 33 heavy (non-hydrogen) atoms. The lowest BCUT2D eigenvalue weighted by Gasteiger charge is -2.31. The third-order valence-corrected chi connectivity index (χ3v) is 6.85. The molecule has 2 aromatic heterocycles. The van der Waals surface area contributed by atoms with Crippen molar-refractivity contribution in [3.63, 3.8) is 0 Å². The maximum Gasteiger partial charge on any atom is 0.619 e. The quantitative estimate of drug-likeness (QED) is 0.379. The van der Waals surface area contributed by atoms with Crippen LogP contribution < -0.4 is 10.3 Å². The fraction of sp³-hybridized carbons (Fsp3) is 0.389. The van der Waals surface area contributed by atoms with E-state index in [-0.39, 0.29) is 29.3 Å². The van der Waals surface area contributed by atoms with Crippen molar-refractivity contribution >= 4 is 25.2 Å². The van der Waals surface area contributed by atoms with Crippen LogP contribution in [0.25, 0.3) is 11.2 Å². The third kappa shape index (κ3) is 3.60. The number of aliphatic hydroxyl groups excluding tert-OH is 2. The second-order valence-corrected chi connectivity index (χ2v) is 9.13. The number of aromatic nitrogens is 4. The molecule has 4 heterocycles. The number of nitrogens with zero attached hydrogens (tertiary/aromatic N) is 4. The smallest absolute Gasteiger partial charge is 0.387 e. The highest BCUT2D eigenvalue weighted by Crippen LogP contribution is 2.62. The Morgan fingerprint density at radius 1 is 1.27 bits per heavy atom. The van der Waals surface area contributed by atoms with Gasteiger partial charge in [-0.1, -0.05) is 18.2 Å². The van der Waals surface area contributed by atoms with Crippen molar-refractivity contribution in [1.82, 2.24) is 19.5 Å². The minimum absolute atomic E-state index is 0.0362. The maximum absolute atomic E-state index is 14.2. The minimum Gasteiger partial charge on any atom is -0.387 e. The van der Waals surface area contributed by atoms with Crippen LogP contribution in [0.2, 0.25) is 0 Å². The minimum atomic E-state index is -4.06. The molecule has 0 spiro atoms. The van der Waals surface area contributed by atoms with Crippen LogP contribution >= 0.6 is 8.17 Å². The summed E-state index contributed by atoms with van der Waals surface area (Å²) in [4.78, 5) is 22.4. The number of aliphatic hydroxyl groups is 2. The average Bonchev–Trinajstić information content (AvgIpc) is 3.33. The molecule has 0 aliphatic carbocycles. The molecule has 1 aromatic carbocycles. The Bertz CT molecular complexity index is 1190. The number of para-hydroxylation sites is 1. The molecule has 176 valence electrons. The number of halogens is 2. The van der Waals surface area contributed by atoms with Crippen molar-refractivity contribution in [2.24, 2.45) is 0 Å². The van der Waals surface area contributed by atoms with Crippen molar-refractivity contribution in [2.45, 2.75) is 37.1 Å². The summed E-state index contributed by atoms with van der Waals surface area (Å²) in [6, 6.07) is 6.67. The lowest BCUT2D eigenvalue weighted by molar-refractivity contribution is -0.194. The van der Waals surface area contributed by atoms with Crippen molar-refractivity contribution in [3.8, 4) is 5.75 Å². The summed E-state index contributed by atoms with van der Waals surface area (Å²) >= 11 is 0. The van der Waals surface area contributed by atoms with Gasteiger partial charge in [-0.05, 0) is 6.07 Å². The molecule has 1 unspecified atom stereocenters. The third-order valence-electron chi connectivity index (χ3n) is 5.51. The number of fused-ring (bicyclic) bond motifs is 2. The molecule has 1 fully saturated rings. The lowest BCUT2D eigenvalue weighted by Crippen LogP contribution is -2.52. The van der Waals surface area contributed by atoms with Gasteiger partial charge >= 0.3 is 8.17 Å². The molecule has 2 aliphatic heterocycles. The van der Waals surface area contributed by atoms with Gasteiger partial charge in [0.05, 0.1) is 6.33 Å². The average molecular weight is 486 g/mol. The predicted molar refractivity (Wildman–Crippen MR) is 108 cm³/mol. The highest BCUT2D eigenvalue weighted by molar-refractivity contribution is 7.55. The summed E-state index contributed by atoms with van der Waals surface area (Å²) in [6.07, 6.45) is -6.47. The van der Waals surface area contributed by atoms with E-state index in [1.165, 1.54) is 6.33 Å². The van der Waals surface area contributed by atoms with E-state index in [4.69, 9.17) is 24.0 Å². The first-order chi connectivity index (χ1) is 15.7. The standard InChI is InChI=1S/C18H19F2N5O7P/c19-17(20)18(6-30-33(28)29-5-9-3-1-2-4-10(9)32-33)13(27)12(26)16(31-18)25-8-24-11-14(21)22-7-23-15(11)25/h1-4,7-8,12-13,16-17,26-28H,5-6H2,(H2,21,22,23)/q+1/t12-,13+,16-,18-,33?/m1/s1. The fourth-order valence-electron chi connectivity index (χ4n) is 3.71. The summed E-state index contributed by atoms with van der Waals surface area (Å²) < 4.78 is 50.9. The Hall–Kier alpha value is -2.58. The molecule has 5 rings (SSSR count). The zero-order valence-corrected chi connectivity index (χ0v) is 17.6. The van der Waals surface area contributed by atoms with Crippen molar-refractivity contribution in [1.29, 1.82) is 0 Å². The Balaban J connectivity index is 1.41. The van der Waals surface area contributed by atoms with Gasteiger partial charge in [-0.15, -0.1) is 9.05 Å². The number of rotatable bonds is 5. The Labute approximate surface area is 185 Å². The van der Waals surface area contributed by atoms with E-state index in [1.54, 1.807) is 24.3 Å². The van der Waals surface area contributed by atoms with Crippen LogP contribution in [-0.2, 0) is 20.4 Å². The summed E-state index contributed by atoms with van der Waals surface area (Å²) in [5.74, 6) is 0.313. The van der Waals surface area contributed by atoms with E-state index in [0.29, 0.717) is 5.56 Å². The van der Waals surface area contributed by atoms with E-state index in [2.05, 4.69) is 15.0 Å². The first-order valence-electron chi connectivity index (χ1n) is 9.67. The molecule has 5 N–H and O–H groups in total. The number of ether oxygens (including phenoxy) is 1. The Morgan fingerprint density at radius 2 is 2.06 bits per heavy atom. The van der Waals surface area contributed by atoms with Crippen molar-refractivity contribution < 1.29 is 42.2 Å². The summed E-state index contributed by atoms with van der Waals surface area (Å²) in [5.41, 5.74) is 3.92. The number of hydrogen-bond acceptors (Lipinski definition) is 11. The first kappa shape index (κ1) is 22.2. The number of benzene rings is 1. The number of hydrogen-bond donors (Lipinski definition) is 4. The van der Waals surface area contributed by atoms with Gasteiger partial charge in [0.2, 0.25) is 0 Å². The zero-order chi connectivity index (χ0) is 23.4. The molecule has 0 bridgehead atoms. The molecule has 3 aromatic rings. The highest BCUT2D eigenvalue weighted by Gasteiger charge is 2.64. The molecular weight excluding hydrogens is 467 g/mol. The molecule has 0 amide bonds. The maximum atomic E-state index is 14.2. The number of nitrogen functional groups attached to an aromatic ring is 1. The van der Waals surface area contributed by atoms with Gasteiger partial charge in [-0.2, -0.15) is 4.89 Å². The number of alkyl halides is 2. The van der Waals surface area contributed by atoms with Gasteiger partial charge < -0.3 is 20.7 Å². The molecule has 2 aliphatic rings. The van der Waals surface area contributed by atoms with Crippen LogP contribution in [0.1, 0.15) is 11.8 Å². The van der Waals surface area contributed by atoms with Crippen LogP contribution in [0.3, 0.4) is 0 Å². The molecule has 5 atom stereocenters. The van der Waals surface area contributed by atoms with Gasteiger partial charge in [0.1, 0.15) is 37.3 Å². The van der Waals surface area contributed by atoms with E-state index < -0.39 is 45.2 Å². The highest BCUT2D eigenvalue weighted by atomic mass is 31.2. The normalized spacial score (nSPS) is 31.6. The van der Waals surface area contributed by atoms with Crippen molar-refractivity contribution in [3.05, 3.63) is 42.5 Å². The zero-order valence-electron chi connectivity index (χ0n) is 16.7. The summed E-state index contributed by atoms with van der Waals surface area (Å²) in [6.45, 7) is -1.12. The van der Waals surface area contributed by atoms with E-state index >= 15 is 0 Å². The van der Waals surface area contributed by atoms with Crippen LogP contribution in [0.4, 0.5) is 14.6 Å². The van der Waals surface area contributed by atoms with E-state index in [9.17, 15) is 23.9 Å².